The van der Waals surface area contributed by atoms with Gasteiger partial charge in [0.1, 0.15) is 5.60 Å². The molecule has 0 saturated heterocycles. The van der Waals surface area contributed by atoms with Crippen molar-refractivity contribution in [1.29, 1.82) is 0 Å². The Morgan fingerprint density at radius 2 is 2.06 bits per heavy atom. The van der Waals surface area contributed by atoms with Crippen LogP contribution in [0.25, 0.3) is 0 Å². The normalized spacial score (nSPS) is 11.5. The van der Waals surface area contributed by atoms with E-state index >= 15 is 0 Å². The summed E-state index contributed by atoms with van der Waals surface area (Å²) in [6.07, 6.45) is 3.52. The Kier molecular flexibility index (Phi) is 4.75. The van der Waals surface area contributed by atoms with Gasteiger partial charge in [0.05, 0.1) is 11.8 Å². The Bertz CT molecular complexity index is 389. The number of nitrogens with zero attached hydrogens (tertiary/aromatic N) is 1. The summed E-state index contributed by atoms with van der Waals surface area (Å²) >= 11 is 0. The maximum Gasteiger partial charge on any atom is 0.197 e. The standard InChI is InChI=1S/C13H18FNO2/c1-4-13(5-2,17-6-3)12(16)10-7-8-15-9-11(10)14/h7-9H,4-6H2,1-3H3. The topological polar surface area (TPSA) is 39.2 Å². The SMILES string of the molecule is CCOC(CC)(CC)C(=O)c1ccncc1F. The van der Waals surface area contributed by atoms with Gasteiger partial charge in [-0.1, -0.05) is 13.8 Å². The van der Waals surface area contributed by atoms with E-state index in [9.17, 15) is 9.18 Å². The second kappa shape index (κ2) is 5.87. The molecular formula is C13H18FNO2. The second-order valence-corrected chi connectivity index (χ2v) is 3.82. The maximum atomic E-state index is 13.5. The molecule has 1 heterocycles. The third-order valence-electron chi connectivity index (χ3n) is 2.99. The predicted octanol–water partition coefficient (Wildman–Crippen LogP) is 3.00. The summed E-state index contributed by atoms with van der Waals surface area (Å²) in [6, 6.07) is 1.40. The Balaban J connectivity index is 3.12. The highest BCUT2D eigenvalue weighted by molar-refractivity contribution is 6.02. The van der Waals surface area contributed by atoms with Crippen LogP contribution in [0.2, 0.25) is 0 Å². The van der Waals surface area contributed by atoms with Gasteiger partial charge in [0.2, 0.25) is 0 Å². The summed E-state index contributed by atoms with van der Waals surface area (Å²) in [5.41, 5.74) is -0.867. The lowest BCUT2D eigenvalue weighted by Crippen LogP contribution is -2.41. The van der Waals surface area contributed by atoms with Gasteiger partial charge in [0.15, 0.2) is 11.6 Å². The molecule has 0 aliphatic rings. The minimum absolute atomic E-state index is 0.0529. The maximum absolute atomic E-state index is 13.5. The van der Waals surface area contributed by atoms with Gasteiger partial charge in [-0.15, -0.1) is 0 Å². The quantitative estimate of drug-likeness (QED) is 0.716. The van der Waals surface area contributed by atoms with Crippen molar-refractivity contribution in [1.82, 2.24) is 4.98 Å². The number of hydrogen-bond donors (Lipinski definition) is 0. The van der Waals surface area contributed by atoms with Crippen molar-refractivity contribution in [2.45, 2.75) is 39.2 Å². The van der Waals surface area contributed by atoms with Gasteiger partial charge in [0, 0.05) is 12.8 Å². The van der Waals surface area contributed by atoms with Crippen LogP contribution in [0.5, 0.6) is 0 Å². The fraction of sp³-hybridized carbons (Fsp3) is 0.538. The molecule has 0 N–H and O–H groups in total. The molecule has 0 atom stereocenters. The Morgan fingerprint density at radius 1 is 1.41 bits per heavy atom. The number of ether oxygens (including phenoxy) is 1. The summed E-state index contributed by atoms with van der Waals surface area (Å²) in [5, 5.41) is 0. The minimum atomic E-state index is -0.920. The highest BCUT2D eigenvalue weighted by atomic mass is 19.1. The smallest absolute Gasteiger partial charge is 0.197 e. The first kappa shape index (κ1) is 13.8. The Hall–Kier alpha value is -1.29. The van der Waals surface area contributed by atoms with Crippen molar-refractivity contribution in [3.8, 4) is 0 Å². The molecular weight excluding hydrogens is 221 g/mol. The number of halogens is 1. The summed E-state index contributed by atoms with van der Waals surface area (Å²) in [5.74, 6) is -0.896. The number of rotatable bonds is 6. The molecule has 0 amide bonds. The van der Waals surface area contributed by atoms with E-state index in [1.807, 2.05) is 20.8 Å². The van der Waals surface area contributed by atoms with E-state index in [1.54, 1.807) is 0 Å². The first-order chi connectivity index (χ1) is 8.11. The van der Waals surface area contributed by atoms with Crippen molar-refractivity contribution in [3.05, 3.63) is 29.8 Å². The van der Waals surface area contributed by atoms with Crippen molar-refractivity contribution in [3.63, 3.8) is 0 Å². The molecule has 1 aromatic rings. The Morgan fingerprint density at radius 3 is 2.53 bits per heavy atom. The van der Waals surface area contributed by atoms with Crippen LogP contribution in [-0.2, 0) is 4.74 Å². The molecule has 0 aliphatic heterocycles. The lowest BCUT2D eigenvalue weighted by Gasteiger charge is -2.30. The first-order valence-corrected chi connectivity index (χ1v) is 5.89. The third-order valence-corrected chi connectivity index (χ3v) is 2.99. The van der Waals surface area contributed by atoms with Crippen molar-refractivity contribution >= 4 is 5.78 Å². The van der Waals surface area contributed by atoms with Gasteiger partial charge in [-0.3, -0.25) is 9.78 Å². The molecule has 94 valence electrons. The van der Waals surface area contributed by atoms with Crippen LogP contribution in [-0.4, -0.2) is 23.0 Å². The van der Waals surface area contributed by atoms with Gasteiger partial charge in [-0.05, 0) is 25.8 Å². The number of hydrogen-bond acceptors (Lipinski definition) is 3. The molecule has 4 heteroatoms. The molecule has 0 saturated carbocycles. The van der Waals surface area contributed by atoms with Crippen LogP contribution in [0.3, 0.4) is 0 Å². The number of aromatic nitrogens is 1. The lowest BCUT2D eigenvalue weighted by molar-refractivity contribution is -0.0253. The molecule has 0 spiro atoms. The summed E-state index contributed by atoms with van der Waals surface area (Å²) in [4.78, 5) is 16.0. The highest BCUT2D eigenvalue weighted by Crippen LogP contribution is 2.26. The van der Waals surface area contributed by atoms with E-state index in [0.717, 1.165) is 6.20 Å². The van der Waals surface area contributed by atoms with Crippen LogP contribution >= 0.6 is 0 Å². The molecule has 17 heavy (non-hydrogen) atoms. The Labute approximate surface area is 101 Å². The van der Waals surface area contributed by atoms with E-state index in [4.69, 9.17) is 4.74 Å². The predicted molar refractivity (Wildman–Crippen MR) is 63.5 cm³/mol. The van der Waals surface area contributed by atoms with E-state index in [0.29, 0.717) is 19.4 Å². The summed E-state index contributed by atoms with van der Waals surface area (Å²) in [7, 11) is 0. The van der Waals surface area contributed by atoms with Gasteiger partial charge >= 0.3 is 0 Å². The molecule has 0 unspecified atom stereocenters. The third kappa shape index (κ3) is 2.69. The number of carbonyl (C=O) groups excluding carboxylic acids is 1. The van der Waals surface area contributed by atoms with E-state index in [1.165, 1.54) is 12.3 Å². The molecule has 0 radical (unpaired) electrons. The van der Waals surface area contributed by atoms with Gasteiger partial charge in [-0.2, -0.15) is 0 Å². The van der Waals surface area contributed by atoms with E-state index in [-0.39, 0.29) is 11.3 Å². The number of carbonyl (C=O) groups is 1. The average molecular weight is 239 g/mol. The first-order valence-electron chi connectivity index (χ1n) is 5.89. The van der Waals surface area contributed by atoms with Crippen LogP contribution in [0.15, 0.2) is 18.5 Å². The number of ketones is 1. The van der Waals surface area contributed by atoms with Crippen LogP contribution in [0.1, 0.15) is 44.0 Å². The fourth-order valence-electron chi connectivity index (χ4n) is 1.92. The van der Waals surface area contributed by atoms with Crippen LogP contribution in [0, 0.1) is 5.82 Å². The van der Waals surface area contributed by atoms with Crippen LogP contribution < -0.4 is 0 Å². The van der Waals surface area contributed by atoms with Crippen molar-refractivity contribution < 1.29 is 13.9 Å². The zero-order valence-electron chi connectivity index (χ0n) is 10.5. The number of Topliss-reactive ketones (excluding diaryl/α,β-unsaturated/α-hetero) is 1. The molecule has 0 aliphatic carbocycles. The molecule has 0 bridgehead atoms. The molecule has 3 nitrogen and oxygen atoms in total. The lowest BCUT2D eigenvalue weighted by atomic mass is 9.88. The largest absolute Gasteiger partial charge is 0.367 e. The average Bonchev–Trinajstić information content (AvgIpc) is 2.36. The fourth-order valence-corrected chi connectivity index (χ4v) is 1.92. The summed E-state index contributed by atoms with van der Waals surface area (Å²) < 4.78 is 19.1. The molecule has 1 aromatic heterocycles. The number of pyridine rings is 1. The van der Waals surface area contributed by atoms with Crippen molar-refractivity contribution in [2.75, 3.05) is 6.61 Å². The zero-order valence-corrected chi connectivity index (χ0v) is 10.5. The minimum Gasteiger partial charge on any atom is -0.367 e. The van der Waals surface area contributed by atoms with Gasteiger partial charge in [0.25, 0.3) is 0 Å². The highest BCUT2D eigenvalue weighted by Gasteiger charge is 2.37. The van der Waals surface area contributed by atoms with Gasteiger partial charge in [-0.25, -0.2) is 4.39 Å². The molecule has 1 rings (SSSR count). The molecule has 0 fully saturated rings. The monoisotopic (exact) mass is 239 g/mol. The summed E-state index contributed by atoms with van der Waals surface area (Å²) in [6.45, 7) is 6.00. The second-order valence-electron chi connectivity index (χ2n) is 3.82. The van der Waals surface area contributed by atoms with E-state index in [2.05, 4.69) is 4.98 Å². The molecule has 0 aromatic carbocycles. The van der Waals surface area contributed by atoms with Gasteiger partial charge < -0.3 is 4.74 Å². The van der Waals surface area contributed by atoms with E-state index < -0.39 is 11.4 Å². The van der Waals surface area contributed by atoms with Crippen LogP contribution in [0.4, 0.5) is 4.39 Å². The van der Waals surface area contributed by atoms with Crippen molar-refractivity contribution in [2.24, 2.45) is 0 Å². The zero-order chi connectivity index (χ0) is 12.9.